The molecule has 21 heavy (non-hydrogen) atoms. The van der Waals surface area contributed by atoms with E-state index in [0.717, 1.165) is 11.3 Å². The first-order chi connectivity index (χ1) is 9.78. The normalized spacial score (nSPS) is 18.4. The van der Waals surface area contributed by atoms with Gasteiger partial charge in [0.05, 0.1) is 5.92 Å². The lowest BCUT2D eigenvalue weighted by atomic mass is 10.00. The summed E-state index contributed by atoms with van der Waals surface area (Å²) >= 11 is 0. The van der Waals surface area contributed by atoms with Gasteiger partial charge in [0.2, 0.25) is 11.8 Å². The second kappa shape index (κ2) is 5.76. The summed E-state index contributed by atoms with van der Waals surface area (Å²) in [5.74, 6) is -0.537. The fourth-order valence-corrected chi connectivity index (χ4v) is 2.38. The minimum atomic E-state index is -0.551. The van der Waals surface area contributed by atoms with Gasteiger partial charge in [-0.3, -0.25) is 9.59 Å². The third-order valence-corrected chi connectivity index (χ3v) is 3.40. The summed E-state index contributed by atoms with van der Waals surface area (Å²) in [5.41, 5.74) is 1.67. The molecule has 1 aromatic carbocycles. The van der Waals surface area contributed by atoms with Crippen LogP contribution in [0, 0.1) is 0 Å². The van der Waals surface area contributed by atoms with Crippen LogP contribution in [-0.4, -0.2) is 29.9 Å². The average molecular weight is 289 g/mol. The number of carbonyl (C=O) groups is 2. The zero-order chi connectivity index (χ0) is 15.6. The number of para-hydroxylation sites is 1. The standard InChI is InChI=1S/C16H23N3O2/c1-10(14(20)19-16(2,3)4)18-15(21)12-9-17-13-8-6-5-7-11(12)13/h5-8,10,12,17H,9H2,1-4H3,(H,18,21)(H,19,20). The fourth-order valence-electron chi connectivity index (χ4n) is 2.38. The average Bonchev–Trinajstić information content (AvgIpc) is 2.80. The van der Waals surface area contributed by atoms with E-state index < -0.39 is 6.04 Å². The molecule has 1 aliphatic heterocycles. The van der Waals surface area contributed by atoms with Gasteiger partial charge in [0.15, 0.2) is 0 Å². The SMILES string of the molecule is CC(NC(=O)C1CNc2ccccc21)C(=O)NC(C)(C)C. The molecular weight excluding hydrogens is 266 g/mol. The third-order valence-electron chi connectivity index (χ3n) is 3.40. The molecule has 0 saturated heterocycles. The summed E-state index contributed by atoms with van der Waals surface area (Å²) in [5, 5.41) is 8.87. The van der Waals surface area contributed by atoms with E-state index in [1.165, 1.54) is 0 Å². The highest BCUT2D eigenvalue weighted by Crippen LogP contribution is 2.30. The minimum absolute atomic E-state index is 0.121. The first-order valence-corrected chi connectivity index (χ1v) is 7.23. The molecule has 0 aromatic heterocycles. The Hall–Kier alpha value is -2.04. The molecule has 5 nitrogen and oxygen atoms in total. The summed E-state index contributed by atoms with van der Waals surface area (Å²) in [4.78, 5) is 24.4. The van der Waals surface area contributed by atoms with Crippen molar-refractivity contribution in [3.8, 4) is 0 Å². The number of anilines is 1. The van der Waals surface area contributed by atoms with E-state index in [-0.39, 0.29) is 23.3 Å². The Labute approximate surface area is 125 Å². The molecule has 2 rings (SSSR count). The molecule has 0 radical (unpaired) electrons. The Balaban J connectivity index is 1.98. The number of nitrogens with one attached hydrogen (secondary N) is 3. The van der Waals surface area contributed by atoms with E-state index >= 15 is 0 Å². The van der Waals surface area contributed by atoms with Gasteiger partial charge in [0.1, 0.15) is 6.04 Å². The van der Waals surface area contributed by atoms with Crippen LogP contribution in [0.4, 0.5) is 5.69 Å². The van der Waals surface area contributed by atoms with E-state index in [9.17, 15) is 9.59 Å². The van der Waals surface area contributed by atoms with Crippen LogP contribution in [0.5, 0.6) is 0 Å². The first-order valence-electron chi connectivity index (χ1n) is 7.23. The number of fused-ring (bicyclic) bond motifs is 1. The summed E-state index contributed by atoms with van der Waals surface area (Å²) in [7, 11) is 0. The monoisotopic (exact) mass is 289 g/mol. The number of amides is 2. The quantitative estimate of drug-likeness (QED) is 0.792. The molecule has 114 valence electrons. The van der Waals surface area contributed by atoms with E-state index in [1.54, 1.807) is 6.92 Å². The van der Waals surface area contributed by atoms with Gasteiger partial charge in [0, 0.05) is 17.8 Å². The maximum absolute atomic E-state index is 12.4. The zero-order valence-corrected chi connectivity index (χ0v) is 13.0. The van der Waals surface area contributed by atoms with Crippen LogP contribution >= 0.6 is 0 Å². The zero-order valence-electron chi connectivity index (χ0n) is 13.0. The lowest BCUT2D eigenvalue weighted by Gasteiger charge is -2.24. The van der Waals surface area contributed by atoms with E-state index in [1.807, 2.05) is 45.0 Å². The largest absolute Gasteiger partial charge is 0.384 e. The molecule has 2 amide bonds. The number of hydrogen-bond donors (Lipinski definition) is 3. The Morgan fingerprint density at radius 3 is 2.62 bits per heavy atom. The van der Waals surface area contributed by atoms with Crippen LogP contribution in [0.25, 0.3) is 0 Å². The van der Waals surface area contributed by atoms with Crippen LogP contribution in [0.1, 0.15) is 39.2 Å². The molecule has 0 bridgehead atoms. The van der Waals surface area contributed by atoms with E-state index in [4.69, 9.17) is 0 Å². The molecule has 2 unspecified atom stereocenters. The van der Waals surface area contributed by atoms with Gasteiger partial charge in [-0.1, -0.05) is 18.2 Å². The molecule has 1 aliphatic rings. The molecule has 1 heterocycles. The lowest BCUT2D eigenvalue weighted by Crippen LogP contribution is -2.51. The smallest absolute Gasteiger partial charge is 0.242 e. The minimum Gasteiger partial charge on any atom is -0.384 e. The van der Waals surface area contributed by atoms with Crippen LogP contribution < -0.4 is 16.0 Å². The van der Waals surface area contributed by atoms with Crippen LogP contribution in [0.15, 0.2) is 24.3 Å². The second-order valence-electron chi connectivity index (χ2n) is 6.49. The highest BCUT2D eigenvalue weighted by Gasteiger charge is 2.30. The Morgan fingerprint density at radius 2 is 1.95 bits per heavy atom. The van der Waals surface area contributed by atoms with Crippen LogP contribution in [0.2, 0.25) is 0 Å². The highest BCUT2D eigenvalue weighted by molar-refractivity contribution is 5.92. The topological polar surface area (TPSA) is 70.2 Å². The third kappa shape index (κ3) is 3.74. The number of hydrogen-bond acceptors (Lipinski definition) is 3. The maximum Gasteiger partial charge on any atom is 0.242 e. The Morgan fingerprint density at radius 1 is 1.29 bits per heavy atom. The van der Waals surface area contributed by atoms with Crippen LogP contribution in [-0.2, 0) is 9.59 Å². The van der Waals surface area contributed by atoms with Gasteiger partial charge >= 0.3 is 0 Å². The first kappa shape index (κ1) is 15.4. The van der Waals surface area contributed by atoms with Crippen molar-refractivity contribution >= 4 is 17.5 Å². The molecule has 3 N–H and O–H groups in total. The number of benzene rings is 1. The van der Waals surface area contributed by atoms with Crippen molar-refractivity contribution in [2.45, 2.75) is 45.2 Å². The predicted octanol–water partition coefficient (Wildman–Crippen LogP) is 1.62. The van der Waals surface area contributed by atoms with Crippen molar-refractivity contribution < 1.29 is 9.59 Å². The summed E-state index contributed by atoms with van der Waals surface area (Å²) in [6, 6.07) is 7.20. The molecular formula is C16H23N3O2. The molecule has 5 heteroatoms. The van der Waals surface area contributed by atoms with Gasteiger partial charge in [-0.2, -0.15) is 0 Å². The van der Waals surface area contributed by atoms with Crippen molar-refractivity contribution in [2.75, 3.05) is 11.9 Å². The molecule has 0 aliphatic carbocycles. The summed E-state index contributed by atoms with van der Waals surface area (Å²) < 4.78 is 0. The Kier molecular flexibility index (Phi) is 4.21. The summed E-state index contributed by atoms with van der Waals surface area (Å²) in [6.07, 6.45) is 0. The van der Waals surface area contributed by atoms with E-state index in [2.05, 4.69) is 16.0 Å². The Bertz CT molecular complexity index is 549. The molecule has 0 saturated carbocycles. The molecule has 1 aromatic rings. The highest BCUT2D eigenvalue weighted by atomic mass is 16.2. The van der Waals surface area contributed by atoms with Crippen molar-refractivity contribution in [2.24, 2.45) is 0 Å². The summed E-state index contributed by atoms with van der Waals surface area (Å²) in [6.45, 7) is 8.01. The van der Waals surface area contributed by atoms with Crippen LogP contribution in [0.3, 0.4) is 0 Å². The predicted molar refractivity (Wildman–Crippen MR) is 83.2 cm³/mol. The van der Waals surface area contributed by atoms with E-state index in [0.29, 0.717) is 6.54 Å². The van der Waals surface area contributed by atoms with Gasteiger partial charge in [-0.25, -0.2) is 0 Å². The molecule has 0 fully saturated rings. The number of rotatable bonds is 3. The maximum atomic E-state index is 12.4. The van der Waals surface area contributed by atoms with Gasteiger partial charge in [-0.15, -0.1) is 0 Å². The molecule has 2 atom stereocenters. The molecule has 0 spiro atoms. The second-order valence-corrected chi connectivity index (χ2v) is 6.49. The lowest BCUT2D eigenvalue weighted by molar-refractivity contribution is -0.130. The van der Waals surface area contributed by atoms with Crippen molar-refractivity contribution in [3.63, 3.8) is 0 Å². The number of carbonyl (C=O) groups excluding carboxylic acids is 2. The van der Waals surface area contributed by atoms with Crippen molar-refractivity contribution in [3.05, 3.63) is 29.8 Å². The van der Waals surface area contributed by atoms with Crippen molar-refractivity contribution in [1.29, 1.82) is 0 Å². The van der Waals surface area contributed by atoms with Gasteiger partial charge in [-0.05, 0) is 39.3 Å². The van der Waals surface area contributed by atoms with Crippen molar-refractivity contribution in [1.82, 2.24) is 10.6 Å². The van der Waals surface area contributed by atoms with Gasteiger partial charge < -0.3 is 16.0 Å². The van der Waals surface area contributed by atoms with Gasteiger partial charge in [0.25, 0.3) is 0 Å². The fraction of sp³-hybridized carbons (Fsp3) is 0.500.